The normalized spacial score (nSPS) is 31.2. The van der Waals surface area contributed by atoms with E-state index in [2.05, 4.69) is 26.1 Å². The first-order chi connectivity index (χ1) is 9.62. The molecule has 0 aromatic carbocycles. The zero-order valence-electron chi connectivity index (χ0n) is 13.8. The molecule has 1 amide bonds. The minimum Gasteiger partial charge on any atom is -0.480 e. The SMILES string of the molecule is CCC(C)C(NC(=O)C1CCC(N)C(C)C1(C)C)C(=O)O. The first-order valence-corrected chi connectivity index (χ1v) is 7.91. The van der Waals surface area contributed by atoms with Gasteiger partial charge in [0.15, 0.2) is 0 Å². The van der Waals surface area contributed by atoms with Gasteiger partial charge >= 0.3 is 5.97 Å². The summed E-state index contributed by atoms with van der Waals surface area (Å²) in [5, 5.41) is 12.1. The fourth-order valence-electron chi connectivity index (χ4n) is 3.26. The molecule has 0 radical (unpaired) electrons. The van der Waals surface area contributed by atoms with Crippen molar-refractivity contribution in [1.82, 2.24) is 5.32 Å². The van der Waals surface area contributed by atoms with Crippen molar-refractivity contribution in [2.45, 2.75) is 66.0 Å². The van der Waals surface area contributed by atoms with Crippen LogP contribution in [0.3, 0.4) is 0 Å². The summed E-state index contributed by atoms with van der Waals surface area (Å²) in [4.78, 5) is 23.9. The third-order valence-electron chi connectivity index (χ3n) is 5.60. The molecule has 1 saturated carbocycles. The second kappa shape index (κ2) is 6.77. The van der Waals surface area contributed by atoms with Crippen molar-refractivity contribution in [2.75, 3.05) is 0 Å². The number of carboxylic acids is 1. The number of hydrogen-bond acceptors (Lipinski definition) is 3. The van der Waals surface area contributed by atoms with Gasteiger partial charge in [0.25, 0.3) is 0 Å². The summed E-state index contributed by atoms with van der Waals surface area (Å²) in [7, 11) is 0. The summed E-state index contributed by atoms with van der Waals surface area (Å²) in [5.41, 5.74) is 5.89. The molecule has 0 spiro atoms. The number of amides is 1. The van der Waals surface area contributed by atoms with E-state index in [-0.39, 0.29) is 35.1 Å². The van der Waals surface area contributed by atoms with Crippen LogP contribution >= 0.6 is 0 Å². The Morgan fingerprint density at radius 1 is 1.38 bits per heavy atom. The van der Waals surface area contributed by atoms with Gasteiger partial charge in [-0.1, -0.05) is 41.0 Å². The third-order valence-corrected chi connectivity index (χ3v) is 5.60. The Hall–Kier alpha value is -1.10. The molecular weight excluding hydrogens is 268 g/mol. The lowest BCUT2D eigenvalue weighted by Gasteiger charge is -2.46. The highest BCUT2D eigenvalue weighted by molar-refractivity contribution is 5.85. The van der Waals surface area contributed by atoms with Gasteiger partial charge in [-0.2, -0.15) is 0 Å². The van der Waals surface area contributed by atoms with Crippen molar-refractivity contribution in [3.63, 3.8) is 0 Å². The van der Waals surface area contributed by atoms with Gasteiger partial charge in [-0.25, -0.2) is 4.79 Å². The van der Waals surface area contributed by atoms with Gasteiger partial charge in [-0.15, -0.1) is 0 Å². The van der Waals surface area contributed by atoms with Crippen LogP contribution in [0.4, 0.5) is 0 Å². The molecule has 1 aliphatic rings. The molecule has 5 nitrogen and oxygen atoms in total. The quantitative estimate of drug-likeness (QED) is 0.724. The van der Waals surface area contributed by atoms with Crippen LogP contribution in [0, 0.1) is 23.2 Å². The number of nitrogens with one attached hydrogen (secondary N) is 1. The number of nitrogens with two attached hydrogens (primary N) is 1. The van der Waals surface area contributed by atoms with Gasteiger partial charge in [0.1, 0.15) is 6.04 Å². The third kappa shape index (κ3) is 3.76. The first-order valence-electron chi connectivity index (χ1n) is 7.91. The summed E-state index contributed by atoms with van der Waals surface area (Å²) < 4.78 is 0. The van der Waals surface area contributed by atoms with E-state index >= 15 is 0 Å². The predicted octanol–water partition coefficient (Wildman–Crippen LogP) is 2.00. The summed E-state index contributed by atoms with van der Waals surface area (Å²) in [5.74, 6) is -1.15. The fraction of sp³-hybridized carbons (Fsp3) is 0.875. The lowest BCUT2D eigenvalue weighted by atomic mass is 9.61. The van der Waals surface area contributed by atoms with Crippen molar-refractivity contribution in [1.29, 1.82) is 0 Å². The van der Waals surface area contributed by atoms with Gasteiger partial charge < -0.3 is 16.2 Å². The zero-order chi connectivity index (χ0) is 16.4. The second-order valence-corrected chi connectivity index (χ2v) is 7.11. The largest absolute Gasteiger partial charge is 0.480 e. The second-order valence-electron chi connectivity index (χ2n) is 7.11. The molecule has 0 saturated heterocycles. The van der Waals surface area contributed by atoms with Crippen LogP contribution in [0.1, 0.15) is 53.9 Å². The number of aliphatic carboxylic acids is 1. The van der Waals surface area contributed by atoms with E-state index in [9.17, 15) is 14.7 Å². The number of carbonyl (C=O) groups excluding carboxylic acids is 1. The topological polar surface area (TPSA) is 92.4 Å². The molecule has 5 atom stereocenters. The van der Waals surface area contributed by atoms with Gasteiger partial charge in [0.05, 0.1) is 0 Å². The van der Waals surface area contributed by atoms with E-state index in [0.29, 0.717) is 6.42 Å². The van der Waals surface area contributed by atoms with Crippen molar-refractivity contribution in [2.24, 2.45) is 28.9 Å². The van der Waals surface area contributed by atoms with Crippen LogP contribution in [-0.2, 0) is 9.59 Å². The van der Waals surface area contributed by atoms with Gasteiger partial charge in [0, 0.05) is 12.0 Å². The standard InChI is InChI=1S/C16H30N2O3/c1-6-9(2)13(15(20)21)18-14(19)11-7-8-12(17)10(3)16(11,4)5/h9-13H,6-8,17H2,1-5H3,(H,18,19)(H,20,21). The molecule has 5 heteroatoms. The van der Waals surface area contributed by atoms with E-state index in [1.54, 1.807) is 0 Å². The molecule has 0 aliphatic heterocycles. The Bertz CT molecular complexity index is 395. The molecule has 122 valence electrons. The Morgan fingerprint density at radius 3 is 2.43 bits per heavy atom. The van der Waals surface area contributed by atoms with Crippen LogP contribution in [-0.4, -0.2) is 29.1 Å². The molecule has 21 heavy (non-hydrogen) atoms. The summed E-state index contributed by atoms with van der Waals surface area (Å²) >= 11 is 0. The predicted molar refractivity (Wildman–Crippen MR) is 82.7 cm³/mol. The highest BCUT2D eigenvalue weighted by atomic mass is 16.4. The van der Waals surface area contributed by atoms with Crippen LogP contribution in [0.25, 0.3) is 0 Å². The molecule has 1 rings (SSSR count). The Morgan fingerprint density at radius 2 is 1.95 bits per heavy atom. The van der Waals surface area contributed by atoms with E-state index < -0.39 is 12.0 Å². The Kier molecular flexibility index (Phi) is 5.79. The summed E-state index contributed by atoms with van der Waals surface area (Å²) in [6, 6.07) is -0.710. The fourth-order valence-corrected chi connectivity index (χ4v) is 3.26. The van der Waals surface area contributed by atoms with Crippen LogP contribution < -0.4 is 11.1 Å². The maximum atomic E-state index is 12.6. The highest BCUT2D eigenvalue weighted by Gasteiger charge is 2.45. The average Bonchev–Trinajstić information content (AvgIpc) is 2.40. The maximum absolute atomic E-state index is 12.6. The van der Waals surface area contributed by atoms with Crippen LogP contribution in [0.5, 0.6) is 0 Å². The minimum atomic E-state index is -0.962. The molecule has 4 N–H and O–H groups in total. The van der Waals surface area contributed by atoms with E-state index in [1.165, 1.54) is 0 Å². The highest BCUT2D eigenvalue weighted by Crippen LogP contribution is 2.44. The molecular formula is C16H30N2O3. The molecule has 0 bridgehead atoms. The van der Waals surface area contributed by atoms with Crippen molar-refractivity contribution < 1.29 is 14.7 Å². The molecule has 0 aromatic rings. The number of carboxylic acid groups (broad SMARTS) is 1. The van der Waals surface area contributed by atoms with Crippen LogP contribution in [0.15, 0.2) is 0 Å². The van der Waals surface area contributed by atoms with Crippen molar-refractivity contribution >= 4 is 11.9 Å². The number of carbonyl (C=O) groups is 2. The van der Waals surface area contributed by atoms with Gasteiger partial charge in [-0.05, 0) is 30.1 Å². The van der Waals surface area contributed by atoms with Crippen molar-refractivity contribution in [3.05, 3.63) is 0 Å². The van der Waals surface area contributed by atoms with Crippen LogP contribution in [0.2, 0.25) is 0 Å². The first kappa shape index (κ1) is 18.0. The summed E-state index contributed by atoms with van der Waals surface area (Å²) in [6.45, 7) is 9.97. The zero-order valence-corrected chi connectivity index (χ0v) is 13.8. The van der Waals surface area contributed by atoms with Gasteiger partial charge in [0.2, 0.25) is 5.91 Å². The van der Waals surface area contributed by atoms with Crippen molar-refractivity contribution in [3.8, 4) is 0 Å². The molecule has 1 aliphatic carbocycles. The molecule has 1 fully saturated rings. The van der Waals surface area contributed by atoms with E-state index in [1.807, 2.05) is 13.8 Å². The minimum absolute atomic E-state index is 0.0853. The lowest BCUT2D eigenvalue weighted by Crippen LogP contribution is -2.55. The summed E-state index contributed by atoms with van der Waals surface area (Å²) in [6.07, 6.45) is 2.24. The Balaban J connectivity index is 2.85. The molecule has 0 heterocycles. The monoisotopic (exact) mass is 298 g/mol. The molecule has 0 aromatic heterocycles. The van der Waals surface area contributed by atoms with E-state index in [4.69, 9.17) is 5.73 Å². The van der Waals surface area contributed by atoms with Gasteiger partial charge in [-0.3, -0.25) is 4.79 Å². The average molecular weight is 298 g/mol. The Labute approximate surface area is 127 Å². The lowest BCUT2D eigenvalue weighted by molar-refractivity contribution is -0.146. The van der Waals surface area contributed by atoms with E-state index in [0.717, 1.165) is 12.8 Å². The maximum Gasteiger partial charge on any atom is 0.326 e. The molecule has 5 unspecified atom stereocenters. The number of rotatable bonds is 5. The smallest absolute Gasteiger partial charge is 0.326 e. The number of hydrogen-bond donors (Lipinski definition) is 3.